The number of aromatic nitrogens is 2. The van der Waals surface area contributed by atoms with E-state index in [1.165, 1.54) is 10.2 Å². The van der Waals surface area contributed by atoms with Gasteiger partial charge in [-0.05, 0) is 40.0 Å². The summed E-state index contributed by atoms with van der Waals surface area (Å²) in [5.41, 5.74) is 1.69. The van der Waals surface area contributed by atoms with Crippen molar-refractivity contribution in [2.24, 2.45) is 0 Å². The summed E-state index contributed by atoms with van der Waals surface area (Å²) in [6, 6.07) is 7.70. The maximum Gasteiger partial charge on any atom is 0.283 e. The van der Waals surface area contributed by atoms with Crippen molar-refractivity contribution >= 4 is 33.2 Å². The largest absolute Gasteiger partial charge is 0.382 e. The summed E-state index contributed by atoms with van der Waals surface area (Å²) in [7, 11) is 0. The molecule has 0 amide bonds. The van der Waals surface area contributed by atoms with Gasteiger partial charge in [0.15, 0.2) is 0 Å². The smallest absolute Gasteiger partial charge is 0.283 e. The van der Waals surface area contributed by atoms with E-state index in [4.69, 9.17) is 11.6 Å². The lowest BCUT2D eigenvalue weighted by molar-refractivity contribution is 0.649. The monoisotopic (exact) mass is 367 g/mol. The van der Waals surface area contributed by atoms with Gasteiger partial charge in [0.1, 0.15) is 4.47 Å². The Hall–Kier alpha value is -1.59. The molecule has 0 aliphatic rings. The van der Waals surface area contributed by atoms with Crippen LogP contribution < -0.4 is 10.9 Å². The van der Waals surface area contributed by atoms with Crippen LogP contribution in [0.25, 0.3) is 0 Å². The molecule has 0 atom stereocenters. The first-order valence-corrected chi connectivity index (χ1v) is 7.63. The minimum Gasteiger partial charge on any atom is -0.382 e. The van der Waals surface area contributed by atoms with Crippen LogP contribution in [0.1, 0.15) is 5.56 Å². The molecule has 1 heterocycles. The molecule has 1 aromatic heterocycles. The lowest BCUT2D eigenvalue weighted by Gasteiger charge is -2.09. The highest BCUT2D eigenvalue weighted by Gasteiger charge is 2.07. The molecule has 0 bridgehead atoms. The zero-order chi connectivity index (χ0) is 15.2. The fraction of sp³-hybridized carbons (Fsp3) is 0.200. The van der Waals surface area contributed by atoms with Crippen molar-refractivity contribution in [3.63, 3.8) is 0 Å². The van der Waals surface area contributed by atoms with E-state index in [0.717, 1.165) is 11.4 Å². The van der Waals surface area contributed by atoms with Gasteiger partial charge in [-0.2, -0.15) is 5.10 Å². The SMILES string of the molecule is C=CCn1ncc(NCCc2ccc(Cl)cc2)c(Br)c1=O. The van der Waals surface area contributed by atoms with Crippen LogP contribution in [-0.2, 0) is 13.0 Å². The predicted octanol–water partition coefficient (Wildman–Crippen LogP) is 3.50. The zero-order valence-electron chi connectivity index (χ0n) is 11.4. The van der Waals surface area contributed by atoms with Crippen LogP contribution in [0.2, 0.25) is 5.02 Å². The van der Waals surface area contributed by atoms with Crippen molar-refractivity contribution in [1.29, 1.82) is 0 Å². The molecule has 0 unspecified atom stereocenters. The van der Waals surface area contributed by atoms with Gasteiger partial charge < -0.3 is 5.32 Å². The van der Waals surface area contributed by atoms with Gasteiger partial charge in [-0.3, -0.25) is 4.79 Å². The van der Waals surface area contributed by atoms with Crippen molar-refractivity contribution in [2.45, 2.75) is 13.0 Å². The number of hydrogen-bond donors (Lipinski definition) is 1. The third-order valence-electron chi connectivity index (χ3n) is 2.93. The van der Waals surface area contributed by atoms with Gasteiger partial charge in [0.05, 0.1) is 18.4 Å². The number of nitrogens with one attached hydrogen (secondary N) is 1. The van der Waals surface area contributed by atoms with Crippen LogP contribution in [0.4, 0.5) is 5.69 Å². The molecule has 21 heavy (non-hydrogen) atoms. The quantitative estimate of drug-likeness (QED) is 0.794. The Labute approximate surface area is 136 Å². The molecule has 0 radical (unpaired) electrons. The summed E-state index contributed by atoms with van der Waals surface area (Å²) in [5.74, 6) is 0. The first-order valence-electron chi connectivity index (χ1n) is 6.46. The Morgan fingerprint density at radius 1 is 1.38 bits per heavy atom. The van der Waals surface area contributed by atoms with Crippen LogP contribution in [0.15, 0.2) is 52.4 Å². The van der Waals surface area contributed by atoms with E-state index >= 15 is 0 Å². The molecule has 0 aliphatic carbocycles. The van der Waals surface area contributed by atoms with E-state index in [1.54, 1.807) is 12.3 Å². The maximum absolute atomic E-state index is 12.0. The van der Waals surface area contributed by atoms with Gasteiger partial charge in [0.25, 0.3) is 5.56 Å². The van der Waals surface area contributed by atoms with Crippen molar-refractivity contribution < 1.29 is 0 Å². The Morgan fingerprint density at radius 3 is 2.76 bits per heavy atom. The van der Waals surface area contributed by atoms with Crippen LogP contribution in [0.5, 0.6) is 0 Å². The average Bonchev–Trinajstić information content (AvgIpc) is 2.48. The minimum atomic E-state index is -0.175. The first kappa shape index (κ1) is 15.8. The molecular weight excluding hydrogens is 354 g/mol. The molecule has 4 nitrogen and oxygen atoms in total. The minimum absolute atomic E-state index is 0.175. The Kier molecular flexibility index (Phi) is 5.59. The standard InChI is InChI=1S/C15H15BrClN3O/c1-2-9-20-15(21)14(16)13(10-19-20)18-8-7-11-3-5-12(17)6-4-11/h2-6,10,18H,1,7-9H2. The van der Waals surface area contributed by atoms with Gasteiger partial charge in [-0.25, -0.2) is 4.68 Å². The summed E-state index contributed by atoms with van der Waals surface area (Å²) in [5, 5.41) is 8.02. The fourth-order valence-electron chi connectivity index (χ4n) is 1.83. The average molecular weight is 369 g/mol. The molecule has 0 saturated heterocycles. The molecule has 1 N–H and O–H groups in total. The van der Waals surface area contributed by atoms with E-state index in [2.05, 4.69) is 32.9 Å². The molecule has 6 heteroatoms. The summed E-state index contributed by atoms with van der Waals surface area (Å²) < 4.78 is 1.83. The molecule has 1 aromatic carbocycles. The van der Waals surface area contributed by atoms with Gasteiger partial charge in [0, 0.05) is 11.6 Å². The number of hydrogen-bond acceptors (Lipinski definition) is 3. The second kappa shape index (κ2) is 7.43. The molecule has 0 saturated carbocycles. The number of allylic oxidation sites excluding steroid dienone is 1. The second-order valence-corrected chi connectivity index (χ2v) is 5.68. The van der Waals surface area contributed by atoms with E-state index < -0.39 is 0 Å². The van der Waals surface area contributed by atoms with E-state index in [1.807, 2.05) is 24.3 Å². The summed E-state index contributed by atoms with van der Waals surface area (Å²) >= 11 is 9.16. The molecule has 2 rings (SSSR count). The number of halogens is 2. The predicted molar refractivity (Wildman–Crippen MR) is 90.0 cm³/mol. The Morgan fingerprint density at radius 2 is 2.10 bits per heavy atom. The summed E-state index contributed by atoms with van der Waals surface area (Å²) in [4.78, 5) is 12.0. The number of rotatable bonds is 6. The van der Waals surface area contributed by atoms with E-state index in [-0.39, 0.29) is 5.56 Å². The van der Waals surface area contributed by atoms with Crippen molar-refractivity contribution in [2.75, 3.05) is 11.9 Å². The van der Waals surface area contributed by atoms with Gasteiger partial charge >= 0.3 is 0 Å². The first-order chi connectivity index (χ1) is 10.1. The fourth-order valence-corrected chi connectivity index (χ4v) is 2.41. The maximum atomic E-state index is 12.0. The molecule has 0 aliphatic heterocycles. The molecule has 0 fully saturated rings. The highest BCUT2D eigenvalue weighted by Crippen LogP contribution is 2.16. The van der Waals surface area contributed by atoms with E-state index in [0.29, 0.717) is 23.2 Å². The number of nitrogens with zero attached hydrogens (tertiary/aromatic N) is 2. The van der Waals surface area contributed by atoms with Crippen molar-refractivity contribution in [3.8, 4) is 0 Å². The number of anilines is 1. The van der Waals surface area contributed by atoms with Crippen molar-refractivity contribution in [3.05, 3.63) is 68.5 Å². The van der Waals surface area contributed by atoms with Gasteiger partial charge in [0.2, 0.25) is 0 Å². The molecular formula is C15H15BrClN3O. The third kappa shape index (κ3) is 4.19. The van der Waals surface area contributed by atoms with Crippen LogP contribution in [0.3, 0.4) is 0 Å². The second-order valence-electron chi connectivity index (χ2n) is 4.45. The van der Waals surface area contributed by atoms with Gasteiger partial charge in [-0.15, -0.1) is 6.58 Å². The van der Waals surface area contributed by atoms with Crippen LogP contribution >= 0.6 is 27.5 Å². The normalized spacial score (nSPS) is 10.4. The lowest BCUT2D eigenvalue weighted by atomic mass is 10.1. The highest BCUT2D eigenvalue weighted by molar-refractivity contribution is 9.10. The van der Waals surface area contributed by atoms with E-state index in [9.17, 15) is 4.79 Å². The zero-order valence-corrected chi connectivity index (χ0v) is 13.7. The van der Waals surface area contributed by atoms with Crippen LogP contribution in [0, 0.1) is 0 Å². The third-order valence-corrected chi connectivity index (χ3v) is 3.95. The van der Waals surface area contributed by atoms with Gasteiger partial charge in [-0.1, -0.05) is 29.8 Å². The Balaban J connectivity index is 2.00. The molecule has 2 aromatic rings. The summed E-state index contributed by atoms with van der Waals surface area (Å²) in [6.07, 6.45) is 4.10. The van der Waals surface area contributed by atoms with Crippen LogP contribution in [-0.4, -0.2) is 16.3 Å². The summed E-state index contributed by atoms with van der Waals surface area (Å²) in [6.45, 7) is 4.69. The Bertz CT molecular complexity index is 682. The lowest BCUT2D eigenvalue weighted by Crippen LogP contribution is -2.24. The number of benzene rings is 1. The topological polar surface area (TPSA) is 46.9 Å². The molecule has 0 spiro atoms. The highest BCUT2D eigenvalue weighted by atomic mass is 79.9. The molecule has 110 valence electrons. The van der Waals surface area contributed by atoms with Crippen molar-refractivity contribution in [1.82, 2.24) is 9.78 Å².